The predicted molar refractivity (Wildman–Crippen MR) is 49.8 cm³/mol. The summed E-state index contributed by atoms with van der Waals surface area (Å²) in [6, 6.07) is 0. The number of nitrogens with zero attached hydrogens (tertiary/aromatic N) is 1. The SMILES string of the molecule is CCN(CCN)C(=O)COCC(=O)O. The lowest BCUT2D eigenvalue weighted by molar-refractivity contribution is -0.145. The maximum Gasteiger partial charge on any atom is 0.329 e. The van der Waals surface area contributed by atoms with Gasteiger partial charge >= 0.3 is 5.97 Å². The van der Waals surface area contributed by atoms with Gasteiger partial charge in [0.25, 0.3) is 0 Å². The molecule has 0 saturated heterocycles. The fraction of sp³-hybridized carbons (Fsp3) is 0.750. The molecule has 0 spiro atoms. The zero-order valence-electron chi connectivity index (χ0n) is 8.23. The van der Waals surface area contributed by atoms with Crippen LogP contribution in [-0.4, -0.2) is 54.7 Å². The Morgan fingerprint density at radius 2 is 2.07 bits per heavy atom. The Bertz CT molecular complexity index is 196. The summed E-state index contributed by atoms with van der Waals surface area (Å²) in [6.45, 7) is 2.56. The molecule has 0 aromatic heterocycles. The van der Waals surface area contributed by atoms with Crippen molar-refractivity contribution in [1.82, 2.24) is 4.90 Å². The molecule has 82 valence electrons. The molecule has 0 aliphatic rings. The molecule has 6 nitrogen and oxygen atoms in total. The monoisotopic (exact) mass is 204 g/mol. The van der Waals surface area contributed by atoms with Crippen LogP contribution in [0.5, 0.6) is 0 Å². The van der Waals surface area contributed by atoms with Crippen molar-refractivity contribution in [1.29, 1.82) is 0 Å². The van der Waals surface area contributed by atoms with Gasteiger partial charge in [-0.2, -0.15) is 0 Å². The highest BCUT2D eigenvalue weighted by atomic mass is 16.5. The maximum atomic E-state index is 11.3. The van der Waals surface area contributed by atoms with E-state index in [1.807, 2.05) is 6.92 Å². The van der Waals surface area contributed by atoms with Crippen molar-refractivity contribution in [3.63, 3.8) is 0 Å². The molecule has 0 bridgehead atoms. The van der Waals surface area contributed by atoms with E-state index in [2.05, 4.69) is 4.74 Å². The Morgan fingerprint density at radius 3 is 2.50 bits per heavy atom. The van der Waals surface area contributed by atoms with Gasteiger partial charge in [-0.1, -0.05) is 0 Å². The molecule has 0 aromatic rings. The summed E-state index contributed by atoms with van der Waals surface area (Å²) in [5.41, 5.74) is 5.29. The summed E-state index contributed by atoms with van der Waals surface area (Å²) in [6.07, 6.45) is 0. The number of nitrogens with two attached hydrogens (primary N) is 1. The van der Waals surface area contributed by atoms with Crippen molar-refractivity contribution in [2.45, 2.75) is 6.92 Å². The van der Waals surface area contributed by atoms with Gasteiger partial charge in [0.2, 0.25) is 5.91 Å². The molecule has 0 fully saturated rings. The highest BCUT2D eigenvalue weighted by molar-refractivity contribution is 5.77. The van der Waals surface area contributed by atoms with Gasteiger partial charge in [0.1, 0.15) is 13.2 Å². The zero-order chi connectivity index (χ0) is 11.0. The Kier molecular flexibility index (Phi) is 6.69. The number of ether oxygens (including phenoxy) is 1. The van der Waals surface area contributed by atoms with Crippen LogP contribution in [0.15, 0.2) is 0 Å². The lowest BCUT2D eigenvalue weighted by atomic mass is 10.4. The number of rotatable bonds is 7. The average Bonchev–Trinajstić information content (AvgIpc) is 2.13. The van der Waals surface area contributed by atoms with Crippen molar-refractivity contribution in [2.24, 2.45) is 5.73 Å². The molecule has 0 aliphatic carbocycles. The molecule has 0 aliphatic heterocycles. The van der Waals surface area contributed by atoms with Crippen molar-refractivity contribution in [3.05, 3.63) is 0 Å². The molecular weight excluding hydrogens is 188 g/mol. The van der Waals surface area contributed by atoms with Crippen LogP contribution in [0.3, 0.4) is 0 Å². The highest BCUT2D eigenvalue weighted by Gasteiger charge is 2.10. The molecule has 6 heteroatoms. The smallest absolute Gasteiger partial charge is 0.329 e. The van der Waals surface area contributed by atoms with Gasteiger partial charge in [0.05, 0.1) is 0 Å². The van der Waals surface area contributed by atoms with Gasteiger partial charge in [0.15, 0.2) is 0 Å². The number of carbonyl (C=O) groups is 2. The molecule has 0 rings (SSSR count). The van der Waals surface area contributed by atoms with Crippen LogP contribution in [0.1, 0.15) is 6.92 Å². The molecule has 0 radical (unpaired) electrons. The standard InChI is InChI=1S/C8H16N2O4/c1-2-10(4-3-9)7(11)5-14-6-8(12)13/h2-6,9H2,1H3,(H,12,13). The normalized spacial score (nSPS) is 9.86. The van der Waals surface area contributed by atoms with Gasteiger partial charge in [-0.05, 0) is 6.92 Å². The number of carboxylic acid groups (broad SMARTS) is 1. The van der Waals surface area contributed by atoms with Crippen molar-refractivity contribution >= 4 is 11.9 Å². The number of amides is 1. The van der Waals surface area contributed by atoms with E-state index in [4.69, 9.17) is 10.8 Å². The zero-order valence-corrected chi connectivity index (χ0v) is 8.23. The van der Waals surface area contributed by atoms with Crippen LogP contribution in [-0.2, 0) is 14.3 Å². The summed E-state index contributed by atoms with van der Waals surface area (Å²) in [4.78, 5) is 22.9. The lowest BCUT2D eigenvalue weighted by Gasteiger charge is -2.19. The largest absolute Gasteiger partial charge is 0.480 e. The van der Waals surface area contributed by atoms with E-state index >= 15 is 0 Å². The summed E-state index contributed by atoms with van der Waals surface area (Å²) in [7, 11) is 0. The number of carboxylic acids is 1. The van der Waals surface area contributed by atoms with E-state index in [9.17, 15) is 9.59 Å². The van der Waals surface area contributed by atoms with Gasteiger partial charge in [-0.15, -0.1) is 0 Å². The van der Waals surface area contributed by atoms with Crippen molar-refractivity contribution in [3.8, 4) is 0 Å². The van der Waals surface area contributed by atoms with Gasteiger partial charge in [0, 0.05) is 19.6 Å². The van der Waals surface area contributed by atoms with Crippen LogP contribution in [0.2, 0.25) is 0 Å². The van der Waals surface area contributed by atoms with Crippen LogP contribution >= 0.6 is 0 Å². The minimum absolute atomic E-state index is 0.208. The van der Waals surface area contributed by atoms with Crippen LogP contribution in [0.4, 0.5) is 0 Å². The molecule has 14 heavy (non-hydrogen) atoms. The van der Waals surface area contributed by atoms with Crippen molar-refractivity contribution in [2.75, 3.05) is 32.8 Å². The molecule has 0 aromatic carbocycles. The maximum absolute atomic E-state index is 11.3. The van der Waals surface area contributed by atoms with Gasteiger partial charge in [-0.25, -0.2) is 4.79 Å². The first kappa shape index (κ1) is 12.9. The second kappa shape index (κ2) is 7.28. The highest BCUT2D eigenvalue weighted by Crippen LogP contribution is 1.89. The second-order valence-corrected chi connectivity index (χ2v) is 2.65. The Hall–Kier alpha value is -1.14. The summed E-state index contributed by atoms with van der Waals surface area (Å²) in [5.74, 6) is -1.32. The Labute approximate surface area is 82.6 Å². The summed E-state index contributed by atoms with van der Waals surface area (Å²) in [5, 5.41) is 8.26. The first-order valence-electron chi connectivity index (χ1n) is 4.39. The molecule has 0 saturated carbocycles. The average molecular weight is 204 g/mol. The topological polar surface area (TPSA) is 92.9 Å². The van der Waals surface area contributed by atoms with E-state index in [0.29, 0.717) is 19.6 Å². The molecule has 0 unspecified atom stereocenters. The van der Waals surface area contributed by atoms with E-state index in [0.717, 1.165) is 0 Å². The third-order valence-corrected chi connectivity index (χ3v) is 1.58. The van der Waals surface area contributed by atoms with Crippen molar-refractivity contribution < 1.29 is 19.4 Å². The van der Waals surface area contributed by atoms with Gasteiger partial charge < -0.3 is 20.5 Å². The molecule has 0 atom stereocenters. The first-order valence-corrected chi connectivity index (χ1v) is 4.39. The number of aliphatic carboxylic acids is 1. The van der Waals surface area contributed by atoms with E-state index in [1.54, 1.807) is 0 Å². The molecular formula is C8H16N2O4. The number of likely N-dealkylation sites (N-methyl/N-ethyl adjacent to an activating group) is 1. The first-order chi connectivity index (χ1) is 6.61. The van der Waals surface area contributed by atoms with Crippen LogP contribution in [0, 0.1) is 0 Å². The lowest BCUT2D eigenvalue weighted by Crippen LogP contribution is -2.37. The summed E-state index contributed by atoms with van der Waals surface area (Å²) < 4.78 is 4.65. The second-order valence-electron chi connectivity index (χ2n) is 2.65. The fourth-order valence-corrected chi connectivity index (χ4v) is 0.932. The van der Waals surface area contributed by atoms with Crippen LogP contribution < -0.4 is 5.73 Å². The molecule has 0 heterocycles. The molecule has 1 amide bonds. The summed E-state index contributed by atoms with van der Waals surface area (Å²) >= 11 is 0. The third-order valence-electron chi connectivity index (χ3n) is 1.58. The predicted octanol–water partition coefficient (Wildman–Crippen LogP) is -1.11. The molecule has 3 N–H and O–H groups in total. The number of hydrogen-bond acceptors (Lipinski definition) is 4. The van der Waals surface area contributed by atoms with E-state index in [1.165, 1.54) is 4.90 Å². The number of hydrogen-bond donors (Lipinski definition) is 2. The van der Waals surface area contributed by atoms with Gasteiger partial charge in [-0.3, -0.25) is 4.79 Å². The fourth-order valence-electron chi connectivity index (χ4n) is 0.932. The third kappa shape index (κ3) is 5.50. The van der Waals surface area contributed by atoms with Crippen LogP contribution in [0.25, 0.3) is 0 Å². The quantitative estimate of drug-likeness (QED) is 0.548. The Morgan fingerprint density at radius 1 is 1.43 bits per heavy atom. The van der Waals surface area contributed by atoms with E-state index < -0.39 is 12.6 Å². The minimum Gasteiger partial charge on any atom is -0.480 e. The number of carbonyl (C=O) groups excluding carboxylic acids is 1. The minimum atomic E-state index is -1.08. The Balaban J connectivity index is 3.74. The van der Waals surface area contributed by atoms with E-state index in [-0.39, 0.29) is 12.5 Å².